The average Bonchev–Trinajstić information content (AvgIpc) is 2.77. The number of amides is 1. The number of halogens is 1. The molecule has 6 heteroatoms. The summed E-state index contributed by atoms with van der Waals surface area (Å²) in [6, 6.07) is 3.71. The van der Waals surface area contributed by atoms with Gasteiger partial charge in [-0.15, -0.1) is 11.3 Å². The SMILES string of the molecule is Cc1cc(F)cc(NC(C(N)=O)c2cscn2)c1. The number of thiazole rings is 1. The van der Waals surface area contributed by atoms with Crippen molar-refractivity contribution in [3.63, 3.8) is 0 Å². The van der Waals surface area contributed by atoms with Crippen LogP contribution in [0.5, 0.6) is 0 Å². The minimum Gasteiger partial charge on any atom is -0.369 e. The standard InChI is InChI=1S/C12H12FN3OS/c1-7-2-8(13)4-9(3-7)16-11(12(14)17)10-5-18-6-15-10/h2-6,11,16H,1H3,(H2,14,17). The lowest BCUT2D eigenvalue weighted by Gasteiger charge is -2.15. The summed E-state index contributed by atoms with van der Waals surface area (Å²) in [5, 5.41) is 4.62. The van der Waals surface area contributed by atoms with E-state index < -0.39 is 11.9 Å². The van der Waals surface area contributed by atoms with Gasteiger partial charge in [-0.1, -0.05) is 0 Å². The van der Waals surface area contributed by atoms with Crippen LogP contribution in [0.25, 0.3) is 0 Å². The fourth-order valence-electron chi connectivity index (χ4n) is 1.64. The zero-order valence-electron chi connectivity index (χ0n) is 9.68. The number of aromatic nitrogens is 1. The summed E-state index contributed by atoms with van der Waals surface area (Å²) in [5.74, 6) is -0.915. The second kappa shape index (κ2) is 5.14. The largest absolute Gasteiger partial charge is 0.369 e. The summed E-state index contributed by atoms with van der Waals surface area (Å²) in [6.45, 7) is 1.77. The maximum atomic E-state index is 13.3. The Morgan fingerprint density at radius 3 is 2.83 bits per heavy atom. The third-order valence-corrected chi connectivity index (χ3v) is 2.99. The minimum absolute atomic E-state index is 0.362. The van der Waals surface area contributed by atoms with Crippen LogP contribution in [0.15, 0.2) is 29.1 Å². The molecule has 94 valence electrons. The van der Waals surface area contributed by atoms with Crippen LogP contribution >= 0.6 is 11.3 Å². The topological polar surface area (TPSA) is 68.0 Å². The predicted molar refractivity (Wildman–Crippen MR) is 68.8 cm³/mol. The molecule has 1 aromatic heterocycles. The van der Waals surface area contributed by atoms with Gasteiger partial charge < -0.3 is 11.1 Å². The van der Waals surface area contributed by atoms with Crippen LogP contribution in [0.2, 0.25) is 0 Å². The van der Waals surface area contributed by atoms with Crippen molar-refractivity contribution in [3.05, 3.63) is 46.2 Å². The van der Waals surface area contributed by atoms with Crippen molar-refractivity contribution < 1.29 is 9.18 Å². The molecule has 0 aliphatic rings. The van der Waals surface area contributed by atoms with Gasteiger partial charge >= 0.3 is 0 Å². The summed E-state index contributed by atoms with van der Waals surface area (Å²) in [4.78, 5) is 15.4. The van der Waals surface area contributed by atoms with Crippen LogP contribution in [-0.2, 0) is 4.79 Å². The Balaban J connectivity index is 2.27. The number of rotatable bonds is 4. The molecular weight excluding hydrogens is 253 g/mol. The molecule has 2 aromatic rings. The van der Waals surface area contributed by atoms with E-state index in [1.165, 1.54) is 23.5 Å². The normalized spacial score (nSPS) is 12.1. The van der Waals surface area contributed by atoms with Crippen LogP contribution in [-0.4, -0.2) is 10.9 Å². The molecule has 4 nitrogen and oxygen atoms in total. The van der Waals surface area contributed by atoms with Gasteiger partial charge in [-0.25, -0.2) is 9.37 Å². The van der Waals surface area contributed by atoms with Gasteiger partial charge in [-0.3, -0.25) is 4.79 Å². The highest BCUT2D eigenvalue weighted by Crippen LogP contribution is 2.21. The number of hydrogen-bond acceptors (Lipinski definition) is 4. The van der Waals surface area contributed by atoms with E-state index in [1.807, 2.05) is 0 Å². The fraction of sp³-hybridized carbons (Fsp3) is 0.167. The Kier molecular flexibility index (Phi) is 3.57. The van der Waals surface area contributed by atoms with E-state index in [2.05, 4.69) is 10.3 Å². The van der Waals surface area contributed by atoms with Crippen LogP contribution in [0.1, 0.15) is 17.3 Å². The predicted octanol–water partition coefficient (Wildman–Crippen LogP) is 2.23. The molecule has 2 rings (SSSR count). The number of nitrogens with two attached hydrogens (primary N) is 1. The molecule has 1 atom stereocenters. The van der Waals surface area contributed by atoms with Gasteiger partial charge in [0.25, 0.3) is 0 Å². The summed E-state index contributed by atoms with van der Waals surface area (Å²) >= 11 is 1.37. The number of aryl methyl sites for hydroxylation is 1. The summed E-state index contributed by atoms with van der Waals surface area (Å²) in [5.41, 5.74) is 8.74. The van der Waals surface area contributed by atoms with Crippen LogP contribution in [0.3, 0.4) is 0 Å². The molecule has 1 amide bonds. The lowest BCUT2D eigenvalue weighted by atomic mass is 10.1. The van der Waals surface area contributed by atoms with Crippen molar-refractivity contribution in [2.24, 2.45) is 5.73 Å². The Bertz CT molecular complexity index is 536. The Labute approximate surface area is 108 Å². The fourth-order valence-corrected chi connectivity index (χ4v) is 2.22. The van der Waals surface area contributed by atoms with E-state index >= 15 is 0 Å². The monoisotopic (exact) mass is 265 g/mol. The smallest absolute Gasteiger partial charge is 0.246 e. The third kappa shape index (κ3) is 2.84. The molecule has 0 aliphatic carbocycles. The number of hydrogen-bond donors (Lipinski definition) is 2. The molecule has 0 spiro atoms. The van der Waals surface area contributed by atoms with Gasteiger partial charge in [0.05, 0.1) is 11.2 Å². The molecule has 0 fully saturated rings. The quantitative estimate of drug-likeness (QED) is 0.890. The van der Waals surface area contributed by atoms with Crippen molar-refractivity contribution in [2.75, 3.05) is 5.32 Å². The molecule has 3 N–H and O–H groups in total. The number of nitrogens with one attached hydrogen (secondary N) is 1. The maximum absolute atomic E-state index is 13.3. The highest BCUT2D eigenvalue weighted by molar-refractivity contribution is 7.07. The van der Waals surface area contributed by atoms with Crippen LogP contribution < -0.4 is 11.1 Å². The summed E-state index contributed by atoms with van der Waals surface area (Å²) in [6.07, 6.45) is 0. The second-order valence-corrected chi connectivity index (χ2v) is 4.63. The number of anilines is 1. The molecular formula is C12H12FN3OS. The van der Waals surface area contributed by atoms with Crippen molar-refractivity contribution in [2.45, 2.75) is 13.0 Å². The average molecular weight is 265 g/mol. The zero-order valence-corrected chi connectivity index (χ0v) is 10.5. The number of carbonyl (C=O) groups excluding carboxylic acids is 1. The Morgan fingerprint density at radius 2 is 2.28 bits per heavy atom. The molecule has 1 aromatic carbocycles. The molecule has 0 radical (unpaired) electrons. The van der Waals surface area contributed by atoms with Gasteiger partial charge in [-0.2, -0.15) is 0 Å². The first-order valence-electron chi connectivity index (χ1n) is 5.27. The van der Waals surface area contributed by atoms with Crippen LogP contribution in [0.4, 0.5) is 10.1 Å². The first-order valence-corrected chi connectivity index (χ1v) is 6.21. The molecule has 18 heavy (non-hydrogen) atoms. The lowest BCUT2D eigenvalue weighted by molar-refractivity contribution is -0.118. The first-order chi connectivity index (χ1) is 8.56. The van der Waals surface area contributed by atoms with Crippen LogP contribution in [0, 0.1) is 12.7 Å². The highest BCUT2D eigenvalue weighted by Gasteiger charge is 2.19. The lowest BCUT2D eigenvalue weighted by Crippen LogP contribution is -2.28. The molecule has 0 saturated carbocycles. The molecule has 1 unspecified atom stereocenters. The molecule has 1 heterocycles. The van der Waals surface area contributed by atoms with Gasteiger partial charge in [0, 0.05) is 11.1 Å². The molecule has 0 aliphatic heterocycles. The Hall–Kier alpha value is -1.95. The second-order valence-electron chi connectivity index (χ2n) is 3.91. The zero-order chi connectivity index (χ0) is 13.1. The van der Waals surface area contributed by atoms with Gasteiger partial charge in [-0.05, 0) is 30.7 Å². The Morgan fingerprint density at radius 1 is 1.50 bits per heavy atom. The third-order valence-electron chi connectivity index (χ3n) is 2.38. The van der Waals surface area contributed by atoms with E-state index in [4.69, 9.17) is 5.73 Å². The van der Waals surface area contributed by atoms with Crippen molar-refractivity contribution >= 4 is 22.9 Å². The molecule has 0 saturated heterocycles. The van der Waals surface area contributed by atoms with Crippen molar-refractivity contribution in [1.82, 2.24) is 4.98 Å². The minimum atomic E-state index is -0.752. The molecule has 0 bridgehead atoms. The summed E-state index contributed by atoms with van der Waals surface area (Å²) in [7, 11) is 0. The number of carbonyl (C=O) groups is 1. The van der Waals surface area contributed by atoms with Gasteiger partial charge in [0.1, 0.15) is 11.9 Å². The number of benzene rings is 1. The number of primary amides is 1. The van der Waals surface area contributed by atoms with E-state index in [1.54, 1.807) is 23.9 Å². The summed E-state index contributed by atoms with van der Waals surface area (Å²) < 4.78 is 13.3. The maximum Gasteiger partial charge on any atom is 0.246 e. The van der Waals surface area contributed by atoms with Gasteiger partial charge in [0.15, 0.2) is 0 Å². The van der Waals surface area contributed by atoms with E-state index in [-0.39, 0.29) is 5.82 Å². The van der Waals surface area contributed by atoms with E-state index in [9.17, 15) is 9.18 Å². The number of nitrogens with zero attached hydrogens (tertiary/aromatic N) is 1. The van der Waals surface area contributed by atoms with E-state index in [0.29, 0.717) is 11.4 Å². The van der Waals surface area contributed by atoms with Gasteiger partial charge in [0.2, 0.25) is 5.91 Å². The first kappa shape index (κ1) is 12.5. The van der Waals surface area contributed by atoms with Crippen molar-refractivity contribution in [3.8, 4) is 0 Å². The van der Waals surface area contributed by atoms with Crippen molar-refractivity contribution in [1.29, 1.82) is 0 Å². The highest BCUT2D eigenvalue weighted by atomic mass is 32.1. The van der Waals surface area contributed by atoms with E-state index in [0.717, 1.165) is 5.56 Å².